The van der Waals surface area contributed by atoms with Gasteiger partial charge in [-0.1, -0.05) is 15.9 Å². The molecule has 1 aromatic rings. The Balaban J connectivity index is 3.16. The van der Waals surface area contributed by atoms with Gasteiger partial charge in [0.05, 0.1) is 12.8 Å². The summed E-state index contributed by atoms with van der Waals surface area (Å²) in [6.45, 7) is 1.57. The number of aliphatic hydroxyl groups excluding tert-OH is 1. The Morgan fingerprint density at radius 1 is 1.53 bits per heavy atom. The molecule has 0 aliphatic heterocycles. The average molecular weight is 302 g/mol. The molecule has 1 aromatic carbocycles. The molecule has 0 atom stereocenters. The first-order chi connectivity index (χ1) is 8.10. The number of hydrogen-bond acceptors (Lipinski definition) is 3. The van der Waals surface area contributed by atoms with Crippen molar-refractivity contribution >= 4 is 27.5 Å². The van der Waals surface area contributed by atoms with Crippen molar-refractivity contribution in [2.75, 3.05) is 19.0 Å². The maximum atomic E-state index is 11.2. The molecule has 0 bridgehead atoms. The molecule has 17 heavy (non-hydrogen) atoms. The number of anilines is 1. The first-order valence-corrected chi connectivity index (χ1v) is 6.13. The summed E-state index contributed by atoms with van der Waals surface area (Å²) in [5.41, 5.74) is 1.61. The molecule has 0 unspecified atom stereocenters. The van der Waals surface area contributed by atoms with Crippen molar-refractivity contribution in [2.45, 2.75) is 19.8 Å². The van der Waals surface area contributed by atoms with Crippen molar-refractivity contribution < 1.29 is 14.6 Å². The first-order valence-electron chi connectivity index (χ1n) is 5.34. The number of rotatable bonds is 5. The summed E-state index contributed by atoms with van der Waals surface area (Å²) < 4.78 is 6.12. The quantitative estimate of drug-likeness (QED) is 0.877. The van der Waals surface area contributed by atoms with Gasteiger partial charge in [0, 0.05) is 18.0 Å². The molecule has 0 spiro atoms. The monoisotopic (exact) mass is 301 g/mol. The van der Waals surface area contributed by atoms with E-state index >= 15 is 0 Å². The fourth-order valence-corrected chi connectivity index (χ4v) is 2.11. The Morgan fingerprint density at radius 2 is 2.24 bits per heavy atom. The Bertz CT molecular complexity index is 407. The normalized spacial score (nSPS) is 10.1. The van der Waals surface area contributed by atoms with Gasteiger partial charge >= 0.3 is 0 Å². The van der Waals surface area contributed by atoms with Gasteiger partial charge in [0.25, 0.3) is 0 Å². The van der Waals surface area contributed by atoms with Gasteiger partial charge in [-0.15, -0.1) is 0 Å². The third-order valence-corrected chi connectivity index (χ3v) is 3.07. The number of ether oxygens (including phenoxy) is 1. The van der Waals surface area contributed by atoms with Crippen LogP contribution in [0, 0.1) is 0 Å². The predicted octanol–water partition coefficient (Wildman–Crippen LogP) is 2.34. The maximum absolute atomic E-state index is 11.2. The van der Waals surface area contributed by atoms with Crippen molar-refractivity contribution in [1.82, 2.24) is 0 Å². The van der Waals surface area contributed by atoms with Gasteiger partial charge in [0.1, 0.15) is 5.75 Å². The summed E-state index contributed by atoms with van der Waals surface area (Å²) in [7, 11) is 1.56. The topological polar surface area (TPSA) is 58.6 Å². The number of carbonyl (C=O) groups is 1. The SMILES string of the molecule is COc1ccc(Br)c(CCCO)c1NC(C)=O. The molecule has 0 heterocycles. The molecule has 0 aliphatic rings. The van der Waals surface area contributed by atoms with Crippen molar-refractivity contribution in [1.29, 1.82) is 0 Å². The second-order valence-electron chi connectivity index (χ2n) is 3.61. The Morgan fingerprint density at radius 3 is 2.76 bits per heavy atom. The minimum absolute atomic E-state index is 0.114. The van der Waals surface area contributed by atoms with Crippen LogP contribution >= 0.6 is 15.9 Å². The van der Waals surface area contributed by atoms with Crippen LogP contribution in [0.3, 0.4) is 0 Å². The van der Waals surface area contributed by atoms with Crippen molar-refractivity contribution in [3.05, 3.63) is 22.2 Å². The second-order valence-corrected chi connectivity index (χ2v) is 4.47. The molecule has 0 radical (unpaired) electrons. The molecule has 1 amide bonds. The summed E-state index contributed by atoms with van der Waals surface area (Å²) in [6.07, 6.45) is 1.31. The van der Waals surface area contributed by atoms with Crippen LogP contribution in [0.1, 0.15) is 18.9 Å². The third kappa shape index (κ3) is 3.71. The molecule has 0 saturated heterocycles. The van der Waals surface area contributed by atoms with Gasteiger partial charge in [-0.3, -0.25) is 4.79 Å². The van der Waals surface area contributed by atoms with Crippen molar-refractivity contribution in [2.24, 2.45) is 0 Å². The molecular weight excluding hydrogens is 286 g/mol. The molecule has 0 aliphatic carbocycles. The van der Waals surface area contributed by atoms with Gasteiger partial charge in [-0.05, 0) is 30.5 Å². The Labute approximate surface area is 109 Å². The molecular formula is C12H16BrNO3. The largest absolute Gasteiger partial charge is 0.495 e. The van der Waals surface area contributed by atoms with E-state index in [1.165, 1.54) is 6.92 Å². The van der Waals surface area contributed by atoms with E-state index in [0.29, 0.717) is 24.3 Å². The summed E-state index contributed by atoms with van der Waals surface area (Å²) in [4.78, 5) is 11.2. The van der Waals surface area contributed by atoms with E-state index in [-0.39, 0.29) is 12.5 Å². The van der Waals surface area contributed by atoms with Crippen molar-refractivity contribution in [3.63, 3.8) is 0 Å². The highest BCUT2D eigenvalue weighted by Gasteiger charge is 2.13. The van der Waals surface area contributed by atoms with E-state index in [0.717, 1.165) is 10.0 Å². The number of carbonyl (C=O) groups excluding carboxylic acids is 1. The summed E-state index contributed by atoms with van der Waals surface area (Å²) in [6, 6.07) is 3.66. The third-order valence-electron chi connectivity index (χ3n) is 2.32. The summed E-state index contributed by atoms with van der Waals surface area (Å²) in [5, 5.41) is 11.7. The predicted molar refractivity (Wildman–Crippen MR) is 70.4 cm³/mol. The smallest absolute Gasteiger partial charge is 0.221 e. The zero-order valence-electron chi connectivity index (χ0n) is 9.92. The Hall–Kier alpha value is -1.07. The van der Waals surface area contributed by atoms with Gasteiger partial charge < -0.3 is 15.2 Å². The van der Waals surface area contributed by atoms with E-state index in [9.17, 15) is 4.79 Å². The fraction of sp³-hybridized carbons (Fsp3) is 0.417. The lowest BCUT2D eigenvalue weighted by Gasteiger charge is -2.15. The molecule has 94 valence electrons. The summed E-state index contributed by atoms with van der Waals surface area (Å²) in [5.74, 6) is 0.475. The first kappa shape index (κ1) is 14.0. The fourth-order valence-electron chi connectivity index (χ4n) is 1.58. The lowest BCUT2D eigenvalue weighted by atomic mass is 10.1. The zero-order chi connectivity index (χ0) is 12.8. The van der Waals surface area contributed by atoms with Gasteiger partial charge in [0.15, 0.2) is 0 Å². The molecule has 1 rings (SSSR count). The number of hydrogen-bond donors (Lipinski definition) is 2. The second kappa shape index (κ2) is 6.61. The van der Waals surface area contributed by atoms with Crippen LogP contribution in [0.15, 0.2) is 16.6 Å². The van der Waals surface area contributed by atoms with E-state index in [4.69, 9.17) is 9.84 Å². The van der Waals surface area contributed by atoms with Crippen LogP contribution in [-0.4, -0.2) is 24.7 Å². The number of methoxy groups -OCH3 is 1. The van der Waals surface area contributed by atoms with Crippen LogP contribution in [0.5, 0.6) is 5.75 Å². The number of amides is 1. The number of benzene rings is 1. The zero-order valence-corrected chi connectivity index (χ0v) is 11.5. The average Bonchev–Trinajstić information content (AvgIpc) is 2.28. The van der Waals surface area contributed by atoms with E-state index in [2.05, 4.69) is 21.2 Å². The minimum atomic E-state index is -0.147. The molecule has 4 nitrogen and oxygen atoms in total. The van der Waals surface area contributed by atoms with Crippen LogP contribution in [0.25, 0.3) is 0 Å². The molecule has 0 fully saturated rings. The van der Waals surface area contributed by atoms with Gasteiger partial charge in [-0.2, -0.15) is 0 Å². The van der Waals surface area contributed by atoms with E-state index in [1.54, 1.807) is 13.2 Å². The van der Waals surface area contributed by atoms with E-state index in [1.807, 2.05) is 6.07 Å². The highest BCUT2D eigenvalue weighted by Crippen LogP contribution is 2.34. The molecule has 2 N–H and O–H groups in total. The van der Waals surface area contributed by atoms with Crippen LogP contribution in [0.4, 0.5) is 5.69 Å². The summed E-state index contributed by atoms with van der Waals surface area (Å²) >= 11 is 3.44. The van der Waals surface area contributed by atoms with Crippen molar-refractivity contribution in [3.8, 4) is 5.75 Å². The van der Waals surface area contributed by atoms with E-state index < -0.39 is 0 Å². The molecule has 5 heteroatoms. The standard InChI is InChI=1S/C12H16BrNO3/c1-8(16)14-12-9(4-3-7-15)10(13)5-6-11(12)17-2/h5-6,15H,3-4,7H2,1-2H3,(H,14,16). The van der Waals surface area contributed by atoms with Gasteiger partial charge in [-0.25, -0.2) is 0 Å². The van der Waals surface area contributed by atoms with Crippen LogP contribution < -0.4 is 10.1 Å². The van der Waals surface area contributed by atoms with Crippen LogP contribution in [0.2, 0.25) is 0 Å². The molecule has 0 aromatic heterocycles. The maximum Gasteiger partial charge on any atom is 0.221 e. The number of halogens is 1. The number of aliphatic hydroxyl groups is 1. The molecule has 0 saturated carbocycles. The Kier molecular flexibility index (Phi) is 5.44. The number of nitrogens with one attached hydrogen (secondary N) is 1. The van der Waals surface area contributed by atoms with Gasteiger partial charge in [0.2, 0.25) is 5.91 Å². The minimum Gasteiger partial charge on any atom is -0.495 e. The van der Waals surface area contributed by atoms with Crippen LogP contribution in [-0.2, 0) is 11.2 Å². The highest BCUT2D eigenvalue weighted by molar-refractivity contribution is 9.10. The lowest BCUT2D eigenvalue weighted by molar-refractivity contribution is -0.114. The highest BCUT2D eigenvalue weighted by atomic mass is 79.9. The lowest BCUT2D eigenvalue weighted by Crippen LogP contribution is -2.10.